The number of nitrogens with one attached hydrogen (secondary N) is 1. The van der Waals surface area contributed by atoms with Gasteiger partial charge in [-0.1, -0.05) is 48.5 Å². The molecule has 0 aliphatic heterocycles. The number of benzene rings is 3. The highest BCUT2D eigenvalue weighted by Crippen LogP contribution is 2.40. The first kappa shape index (κ1) is 22.4. The Morgan fingerprint density at radius 2 is 1.83 bits per heavy atom. The summed E-state index contributed by atoms with van der Waals surface area (Å²) >= 11 is 0. The fourth-order valence-corrected chi connectivity index (χ4v) is 3.74. The second-order valence-corrected chi connectivity index (χ2v) is 7.88. The molecule has 0 atom stereocenters. The fourth-order valence-electron chi connectivity index (χ4n) is 3.74. The first-order valence-corrected chi connectivity index (χ1v) is 11.0. The molecule has 3 aromatic carbocycles. The Hall–Kier alpha value is -5.36. The van der Waals surface area contributed by atoms with E-state index in [-0.39, 0.29) is 28.5 Å². The number of fused-ring (bicyclic) bond motifs is 1. The van der Waals surface area contributed by atoms with Crippen molar-refractivity contribution >= 4 is 39.6 Å². The average molecular weight is 473 g/mol. The number of aromatic nitrogens is 3. The zero-order valence-corrected chi connectivity index (χ0v) is 19.1. The molecule has 0 saturated heterocycles. The lowest BCUT2D eigenvalue weighted by atomic mass is 10.0. The summed E-state index contributed by atoms with van der Waals surface area (Å²) in [6.07, 6.45) is 2.98. The molecule has 0 bridgehead atoms. The van der Waals surface area contributed by atoms with E-state index in [2.05, 4.69) is 30.5 Å². The molecule has 36 heavy (non-hydrogen) atoms. The minimum Gasteiger partial charge on any atom is -0.505 e. The van der Waals surface area contributed by atoms with Crippen LogP contribution in [0.5, 0.6) is 5.75 Å². The highest BCUT2D eigenvalue weighted by atomic mass is 16.3. The summed E-state index contributed by atoms with van der Waals surface area (Å²) in [5, 5.41) is 28.1. The summed E-state index contributed by atoms with van der Waals surface area (Å²) in [6, 6.07) is 21.5. The number of phenolic OH excluding ortho intramolecular Hbond substituents is 1. The van der Waals surface area contributed by atoms with Gasteiger partial charge >= 0.3 is 0 Å². The fraction of sp³-hybridized carbons (Fsp3) is 0.0370. The molecular formula is C27H19N7O2. The molecule has 5 aromatic rings. The van der Waals surface area contributed by atoms with Crippen molar-refractivity contribution in [1.82, 2.24) is 14.8 Å². The number of para-hydroxylation sites is 1. The number of aromatic hydroxyl groups is 1. The minimum absolute atomic E-state index is 0.0505. The van der Waals surface area contributed by atoms with Crippen LogP contribution in [-0.4, -0.2) is 25.8 Å². The summed E-state index contributed by atoms with van der Waals surface area (Å²) in [6.45, 7) is 9.36. The Morgan fingerprint density at radius 3 is 2.61 bits per heavy atom. The van der Waals surface area contributed by atoms with Gasteiger partial charge in [0.05, 0.1) is 18.3 Å². The SMILES string of the molecule is [C-]#[N+]c1cnn(-c2ccccn2)c1/N=N/c1c(O)c(C(=O)Nc2ccccc2C)cc2ccccc12. The van der Waals surface area contributed by atoms with E-state index in [4.69, 9.17) is 6.57 Å². The standard InChI is InChI=1S/C27H19N7O2/c1-17-9-3-6-12-21(17)31-27(36)20-15-18-10-4-5-11-19(18)24(25(20)35)32-33-26-22(28-2)16-30-34(26)23-13-7-8-14-29-23/h3-16,35H,1H3,(H,31,36)/b33-32+. The van der Waals surface area contributed by atoms with Crippen molar-refractivity contribution in [3.05, 3.63) is 108 Å². The van der Waals surface area contributed by atoms with E-state index < -0.39 is 5.91 Å². The van der Waals surface area contributed by atoms with Gasteiger partial charge in [0.15, 0.2) is 17.4 Å². The second-order valence-electron chi connectivity index (χ2n) is 7.88. The number of anilines is 1. The minimum atomic E-state index is -0.482. The normalized spacial score (nSPS) is 11.0. The van der Waals surface area contributed by atoms with Gasteiger partial charge < -0.3 is 10.4 Å². The van der Waals surface area contributed by atoms with Crippen LogP contribution >= 0.6 is 0 Å². The Balaban J connectivity index is 1.61. The molecule has 5 rings (SSSR count). The highest BCUT2D eigenvalue weighted by molar-refractivity contribution is 6.12. The van der Waals surface area contributed by atoms with Gasteiger partial charge in [0.25, 0.3) is 11.6 Å². The molecule has 9 heteroatoms. The predicted molar refractivity (Wildman–Crippen MR) is 137 cm³/mol. The number of rotatable bonds is 5. The van der Waals surface area contributed by atoms with Crippen LogP contribution in [0, 0.1) is 13.5 Å². The Kier molecular flexibility index (Phi) is 5.91. The maximum absolute atomic E-state index is 13.1. The summed E-state index contributed by atoms with van der Waals surface area (Å²) in [4.78, 5) is 20.9. The number of carbonyl (C=O) groups is 1. The van der Waals surface area contributed by atoms with E-state index in [0.29, 0.717) is 22.3 Å². The van der Waals surface area contributed by atoms with Crippen molar-refractivity contribution in [2.75, 3.05) is 5.32 Å². The van der Waals surface area contributed by atoms with Gasteiger partial charge in [-0.25, -0.2) is 14.5 Å². The number of hydrogen-bond donors (Lipinski definition) is 2. The third-order valence-electron chi connectivity index (χ3n) is 5.59. The smallest absolute Gasteiger partial charge is 0.259 e. The van der Waals surface area contributed by atoms with E-state index in [0.717, 1.165) is 5.56 Å². The van der Waals surface area contributed by atoms with Crippen LogP contribution in [0.1, 0.15) is 15.9 Å². The van der Waals surface area contributed by atoms with Gasteiger partial charge in [0, 0.05) is 17.3 Å². The molecule has 0 radical (unpaired) electrons. The molecule has 9 nitrogen and oxygen atoms in total. The van der Waals surface area contributed by atoms with Crippen molar-refractivity contribution in [3.63, 3.8) is 0 Å². The number of carbonyl (C=O) groups excluding carboxylic acids is 1. The number of nitrogens with zero attached hydrogens (tertiary/aromatic N) is 6. The topological polar surface area (TPSA) is 109 Å². The number of phenols is 1. The molecule has 0 aliphatic rings. The van der Waals surface area contributed by atoms with Crippen molar-refractivity contribution in [3.8, 4) is 11.6 Å². The van der Waals surface area contributed by atoms with Crippen molar-refractivity contribution in [1.29, 1.82) is 0 Å². The molecule has 1 amide bonds. The summed E-state index contributed by atoms with van der Waals surface area (Å²) in [7, 11) is 0. The number of aryl methyl sites for hydroxylation is 1. The van der Waals surface area contributed by atoms with Gasteiger partial charge in [-0.3, -0.25) is 4.79 Å². The maximum atomic E-state index is 13.1. The summed E-state index contributed by atoms with van der Waals surface area (Å²) in [5.74, 6) is -0.190. The Morgan fingerprint density at radius 1 is 1.06 bits per heavy atom. The predicted octanol–water partition coefficient (Wildman–Crippen LogP) is 6.65. The molecule has 0 spiro atoms. The second kappa shape index (κ2) is 9.48. The van der Waals surface area contributed by atoms with E-state index in [1.165, 1.54) is 10.9 Å². The van der Waals surface area contributed by atoms with Crippen LogP contribution in [0.25, 0.3) is 21.4 Å². The van der Waals surface area contributed by atoms with Crippen molar-refractivity contribution in [2.45, 2.75) is 6.92 Å². The van der Waals surface area contributed by atoms with E-state index in [9.17, 15) is 9.90 Å². The molecule has 2 heterocycles. The molecule has 2 aromatic heterocycles. The lowest BCUT2D eigenvalue weighted by Crippen LogP contribution is -2.13. The zero-order chi connectivity index (χ0) is 25.1. The van der Waals surface area contributed by atoms with Gasteiger partial charge in [-0.15, -0.1) is 10.2 Å². The van der Waals surface area contributed by atoms with Gasteiger partial charge in [0.2, 0.25) is 0 Å². The van der Waals surface area contributed by atoms with Crippen LogP contribution in [0.15, 0.2) is 95.4 Å². The summed E-state index contributed by atoms with van der Waals surface area (Å²) in [5.41, 5.74) is 1.85. The molecular weight excluding hydrogens is 454 g/mol. The van der Waals surface area contributed by atoms with Crippen molar-refractivity contribution < 1.29 is 9.90 Å². The van der Waals surface area contributed by atoms with Gasteiger partial charge in [0.1, 0.15) is 5.69 Å². The number of azo groups is 1. The molecule has 174 valence electrons. The quantitative estimate of drug-likeness (QED) is 0.220. The van der Waals surface area contributed by atoms with Crippen LogP contribution in [-0.2, 0) is 0 Å². The molecule has 0 unspecified atom stereocenters. The van der Waals surface area contributed by atoms with Gasteiger partial charge in [-0.05, 0) is 42.1 Å². The van der Waals surface area contributed by atoms with Crippen LogP contribution < -0.4 is 5.32 Å². The third kappa shape index (κ3) is 4.15. The van der Waals surface area contributed by atoms with Crippen LogP contribution in [0.2, 0.25) is 0 Å². The van der Waals surface area contributed by atoms with Crippen LogP contribution in [0.3, 0.4) is 0 Å². The molecule has 0 fully saturated rings. The third-order valence-corrected chi connectivity index (χ3v) is 5.59. The maximum Gasteiger partial charge on any atom is 0.259 e. The van der Waals surface area contributed by atoms with E-state index in [1.54, 1.807) is 48.7 Å². The molecule has 0 aliphatic carbocycles. The van der Waals surface area contributed by atoms with E-state index >= 15 is 0 Å². The lowest BCUT2D eigenvalue weighted by molar-refractivity contribution is 0.102. The molecule has 0 saturated carbocycles. The average Bonchev–Trinajstić information content (AvgIpc) is 3.32. The molecule has 2 N–H and O–H groups in total. The van der Waals surface area contributed by atoms with Crippen LogP contribution in [0.4, 0.5) is 22.9 Å². The Labute approximate surface area is 206 Å². The highest BCUT2D eigenvalue weighted by Gasteiger charge is 2.20. The monoisotopic (exact) mass is 473 g/mol. The van der Waals surface area contributed by atoms with Crippen molar-refractivity contribution in [2.24, 2.45) is 10.2 Å². The van der Waals surface area contributed by atoms with Gasteiger partial charge in [-0.2, -0.15) is 5.10 Å². The number of pyridine rings is 1. The number of hydrogen-bond acceptors (Lipinski definition) is 6. The summed E-state index contributed by atoms with van der Waals surface area (Å²) < 4.78 is 1.39. The van der Waals surface area contributed by atoms with E-state index in [1.807, 2.05) is 37.3 Å². The Bertz CT molecular complexity index is 1670. The lowest BCUT2D eigenvalue weighted by Gasteiger charge is -2.12. The zero-order valence-electron chi connectivity index (χ0n) is 19.1. The first-order valence-electron chi connectivity index (χ1n) is 11.0. The number of amides is 1. The largest absolute Gasteiger partial charge is 0.505 e. The first-order chi connectivity index (χ1) is 17.6.